The Bertz CT molecular complexity index is 319. The molecule has 0 unspecified atom stereocenters. The Labute approximate surface area is 98.6 Å². The molecule has 2 nitrogen and oxygen atoms in total. The molecule has 2 heteroatoms. The fourth-order valence-corrected chi connectivity index (χ4v) is 1.75. The molecule has 90 valence electrons. The van der Waals surface area contributed by atoms with Crippen molar-refractivity contribution in [2.45, 2.75) is 33.1 Å². The van der Waals surface area contributed by atoms with Crippen LogP contribution in [0.4, 0.5) is 0 Å². The van der Waals surface area contributed by atoms with Gasteiger partial charge in [-0.25, -0.2) is 0 Å². The van der Waals surface area contributed by atoms with Gasteiger partial charge < -0.3 is 9.47 Å². The number of benzene rings is 1. The van der Waals surface area contributed by atoms with Crippen molar-refractivity contribution in [3.63, 3.8) is 0 Å². The highest BCUT2D eigenvalue weighted by Crippen LogP contribution is 2.28. The Morgan fingerprint density at radius 3 is 2.31 bits per heavy atom. The normalized spacial score (nSPS) is 10.6. The van der Waals surface area contributed by atoms with Crippen molar-refractivity contribution in [2.24, 2.45) is 5.92 Å². The first kappa shape index (κ1) is 12.9. The van der Waals surface area contributed by atoms with E-state index in [-0.39, 0.29) is 0 Å². The molecule has 0 aliphatic heterocycles. The van der Waals surface area contributed by atoms with Gasteiger partial charge in [0.25, 0.3) is 0 Å². The summed E-state index contributed by atoms with van der Waals surface area (Å²) in [6.07, 6.45) is 3.61. The SMILES string of the molecule is COc1ccc(CCCC(C)C)cc1OC. The molecular formula is C14H22O2. The van der Waals surface area contributed by atoms with Gasteiger partial charge in [0.2, 0.25) is 0 Å². The van der Waals surface area contributed by atoms with Crippen molar-refractivity contribution >= 4 is 0 Å². The highest BCUT2D eigenvalue weighted by Gasteiger charge is 2.04. The first-order valence-corrected chi connectivity index (χ1v) is 5.88. The lowest BCUT2D eigenvalue weighted by Crippen LogP contribution is -1.94. The number of hydrogen-bond donors (Lipinski definition) is 0. The van der Waals surface area contributed by atoms with Crippen molar-refractivity contribution in [1.82, 2.24) is 0 Å². The Morgan fingerprint density at radius 2 is 1.75 bits per heavy atom. The van der Waals surface area contributed by atoms with Crippen LogP contribution in [-0.4, -0.2) is 14.2 Å². The number of hydrogen-bond acceptors (Lipinski definition) is 2. The third-order valence-electron chi connectivity index (χ3n) is 2.69. The molecule has 0 N–H and O–H groups in total. The largest absolute Gasteiger partial charge is 0.493 e. The predicted octanol–water partition coefficient (Wildman–Crippen LogP) is 3.68. The van der Waals surface area contributed by atoms with E-state index in [1.165, 1.54) is 18.4 Å². The zero-order valence-corrected chi connectivity index (χ0v) is 10.7. The summed E-state index contributed by atoms with van der Waals surface area (Å²) in [6.45, 7) is 4.52. The standard InChI is InChI=1S/C14H22O2/c1-11(2)6-5-7-12-8-9-13(15-3)14(10-12)16-4/h8-11H,5-7H2,1-4H3. The van der Waals surface area contributed by atoms with Gasteiger partial charge in [-0.3, -0.25) is 0 Å². The zero-order valence-electron chi connectivity index (χ0n) is 10.7. The van der Waals surface area contributed by atoms with Crippen LogP contribution in [0.5, 0.6) is 11.5 Å². The smallest absolute Gasteiger partial charge is 0.160 e. The maximum atomic E-state index is 5.28. The Balaban J connectivity index is 2.60. The lowest BCUT2D eigenvalue weighted by molar-refractivity contribution is 0.354. The minimum absolute atomic E-state index is 0.778. The summed E-state index contributed by atoms with van der Waals surface area (Å²) in [5.41, 5.74) is 1.32. The van der Waals surface area contributed by atoms with Crippen LogP contribution in [0.2, 0.25) is 0 Å². The van der Waals surface area contributed by atoms with Crippen LogP contribution in [0.3, 0.4) is 0 Å². The lowest BCUT2D eigenvalue weighted by atomic mass is 10.0. The average Bonchev–Trinajstić information content (AvgIpc) is 2.28. The number of rotatable bonds is 6. The number of ether oxygens (including phenoxy) is 2. The maximum Gasteiger partial charge on any atom is 0.160 e. The second-order valence-corrected chi connectivity index (χ2v) is 4.48. The van der Waals surface area contributed by atoms with Gasteiger partial charge in [-0.2, -0.15) is 0 Å². The summed E-state index contributed by atoms with van der Waals surface area (Å²) in [5.74, 6) is 2.40. The summed E-state index contributed by atoms with van der Waals surface area (Å²) in [7, 11) is 3.34. The van der Waals surface area contributed by atoms with Crippen LogP contribution in [0.25, 0.3) is 0 Å². The van der Waals surface area contributed by atoms with E-state index >= 15 is 0 Å². The fourth-order valence-electron chi connectivity index (χ4n) is 1.75. The van der Waals surface area contributed by atoms with Gasteiger partial charge in [-0.1, -0.05) is 26.3 Å². The molecular weight excluding hydrogens is 200 g/mol. The van der Waals surface area contributed by atoms with E-state index < -0.39 is 0 Å². The highest BCUT2D eigenvalue weighted by atomic mass is 16.5. The van der Waals surface area contributed by atoms with E-state index in [4.69, 9.17) is 9.47 Å². The minimum Gasteiger partial charge on any atom is -0.493 e. The second kappa shape index (κ2) is 6.41. The molecule has 0 saturated carbocycles. The lowest BCUT2D eigenvalue weighted by Gasteiger charge is -2.10. The topological polar surface area (TPSA) is 18.5 Å². The molecule has 0 atom stereocenters. The quantitative estimate of drug-likeness (QED) is 0.731. The molecule has 0 bridgehead atoms. The van der Waals surface area contributed by atoms with Gasteiger partial charge >= 0.3 is 0 Å². The molecule has 0 spiro atoms. The molecule has 0 fully saturated rings. The van der Waals surface area contributed by atoms with Crippen LogP contribution in [0.1, 0.15) is 32.3 Å². The maximum absolute atomic E-state index is 5.28. The van der Waals surface area contributed by atoms with E-state index in [9.17, 15) is 0 Å². The Hall–Kier alpha value is -1.18. The molecule has 0 saturated heterocycles. The van der Waals surface area contributed by atoms with Crippen molar-refractivity contribution in [2.75, 3.05) is 14.2 Å². The molecule has 0 heterocycles. The minimum atomic E-state index is 0.778. The van der Waals surface area contributed by atoms with Crippen molar-refractivity contribution in [1.29, 1.82) is 0 Å². The Morgan fingerprint density at radius 1 is 1.06 bits per heavy atom. The van der Waals surface area contributed by atoms with Gasteiger partial charge in [0.15, 0.2) is 11.5 Å². The van der Waals surface area contributed by atoms with E-state index in [1.54, 1.807) is 14.2 Å². The predicted molar refractivity (Wildman–Crippen MR) is 67.3 cm³/mol. The van der Waals surface area contributed by atoms with E-state index in [2.05, 4.69) is 26.0 Å². The number of aryl methyl sites for hydroxylation is 1. The fraction of sp³-hybridized carbons (Fsp3) is 0.571. The summed E-state index contributed by atoms with van der Waals surface area (Å²) in [6, 6.07) is 6.16. The van der Waals surface area contributed by atoms with Gasteiger partial charge in [0.05, 0.1) is 14.2 Å². The zero-order chi connectivity index (χ0) is 12.0. The molecule has 0 radical (unpaired) electrons. The highest BCUT2D eigenvalue weighted by molar-refractivity contribution is 5.42. The van der Waals surface area contributed by atoms with Crippen LogP contribution in [0, 0.1) is 5.92 Å². The summed E-state index contributed by atoms with van der Waals surface area (Å²) in [5, 5.41) is 0. The first-order chi connectivity index (χ1) is 7.67. The van der Waals surface area contributed by atoms with Crippen molar-refractivity contribution in [3.8, 4) is 11.5 Å². The van der Waals surface area contributed by atoms with E-state index in [0.29, 0.717) is 0 Å². The number of methoxy groups -OCH3 is 2. The molecule has 0 aliphatic carbocycles. The van der Waals surface area contributed by atoms with Gasteiger partial charge in [0, 0.05) is 0 Å². The molecule has 0 aliphatic rings. The molecule has 0 aromatic heterocycles. The Kier molecular flexibility index (Phi) is 5.17. The molecule has 1 aromatic rings. The van der Waals surface area contributed by atoms with E-state index in [0.717, 1.165) is 23.8 Å². The molecule has 0 amide bonds. The third-order valence-corrected chi connectivity index (χ3v) is 2.69. The molecule has 1 aromatic carbocycles. The monoisotopic (exact) mass is 222 g/mol. The van der Waals surface area contributed by atoms with Gasteiger partial charge in [-0.05, 0) is 36.5 Å². The van der Waals surface area contributed by atoms with Crippen LogP contribution in [-0.2, 0) is 6.42 Å². The van der Waals surface area contributed by atoms with Crippen molar-refractivity contribution < 1.29 is 9.47 Å². The van der Waals surface area contributed by atoms with Gasteiger partial charge in [-0.15, -0.1) is 0 Å². The molecule has 16 heavy (non-hydrogen) atoms. The van der Waals surface area contributed by atoms with E-state index in [1.807, 2.05) is 6.07 Å². The average molecular weight is 222 g/mol. The second-order valence-electron chi connectivity index (χ2n) is 4.48. The summed E-state index contributed by atoms with van der Waals surface area (Å²) >= 11 is 0. The van der Waals surface area contributed by atoms with Crippen LogP contribution >= 0.6 is 0 Å². The van der Waals surface area contributed by atoms with Crippen LogP contribution in [0.15, 0.2) is 18.2 Å². The first-order valence-electron chi connectivity index (χ1n) is 5.88. The summed E-state index contributed by atoms with van der Waals surface area (Å²) in [4.78, 5) is 0. The van der Waals surface area contributed by atoms with Gasteiger partial charge in [0.1, 0.15) is 0 Å². The van der Waals surface area contributed by atoms with Crippen LogP contribution < -0.4 is 9.47 Å². The molecule has 1 rings (SSSR count). The summed E-state index contributed by atoms with van der Waals surface area (Å²) < 4.78 is 10.5. The third kappa shape index (κ3) is 3.76. The van der Waals surface area contributed by atoms with Crippen molar-refractivity contribution in [3.05, 3.63) is 23.8 Å².